The lowest BCUT2D eigenvalue weighted by atomic mass is 10.1. The minimum absolute atomic E-state index is 0.0541. The molecule has 2 heterocycles. The lowest BCUT2D eigenvalue weighted by Gasteiger charge is -2.11. The molecular formula is C20H21N5O2. The highest BCUT2D eigenvalue weighted by Gasteiger charge is 2.10. The number of rotatable bonds is 5. The van der Waals surface area contributed by atoms with E-state index in [1.54, 1.807) is 6.21 Å². The topological polar surface area (TPSA) is 85.3 Å². The Kier molecular flexibility index (Phi) is 5.03. The van der Waals surface area contributed by atoms with Crippen LogP contribution in [-0.4, -0.2) is 20.7 Å². The average Bonchev–Trinajstić information content (AvgIpc) is 2.88. The third kappa shape index (κ3) is 4.03. The molecule has 3 aromatic rings. The zero-order valence-electron chi connectivity index (χ0n) is 15.7. The van der Waals surface area contributed by atoms with Crippen LogP contribution in [0.3, 0.4) is 0 Å². The quantitative estimate of drug-likeness (QED) is 0.412. The van der Waals surface area contributed by atoms with Crippen LogP contribution < -0.4 is 5.43 Å². The molecule has 2 aromatic heterocycles. The van der Waals surface area contributed by atoms with E-state index in [0.29, 0.717) is 5.82 Å². The molecule has 0 saturated carbocycles. The van der Waals surface area contributed by atoms with Crippen LogP contribution in [0.5, 0.6) is 0 Å². The van der Waals surface area contributed by atoms with E-state index in [9.17, 15) is 10.1 Å². The van der Waals surface area contributed by atoms with Crippen LogP contribution in [0.2, 0.25) is 0 Å². The maximum absolute atomic E-state index is 10.7. The fraction of sp³-hybridized carbons (Fsp3) is 0.200. The Labute approximate surface area is 157 Å². The molecule has 0 spiro atoms. The Balaban J connectivity index is 1.82. The van der Waals surface area contributed by atoms with Crippen LogP contribution in [0.25, 0.3) is 5.69 Å². The zero-order chi connectivity index (χ0) is 19.6. The molecule has 0 aliphatic rings. The number of nitrogens with one attached hydrogen (secondary N) is 1. The van der Waals surface area contributed by atoms with Gasteiger partial charge in [0.05, 0.1) is 11.1 Å². The van der Waals surface area contributed by atoms with Crippen molar-refractivity contribution < 1.29 is 4.92 Å². The number of hydrazone groups is 1. The first-order valence-electron chi connectivity index (χ1n) is 8.52. The second-order valence-electron chi connectivity index (χ2n) is 6.54. The Hall–Kier alpha value is -3.48. The highest BCUT2D eigenvalue weighted by Crippen LogP contribution is 2.22. The lowest BCUT2D eigenvalue weighted by Crippen LogP contribution is -2.01. The van der Waals surface area contributed by atoms with Gasteiger partial charge >= 0.3 is 0 Å². The summed E-state index contributed by atoms with van der Waals surface area (Å²) in [5.41, 5.74) is 9.51. The summed E-state index contributed by atoms with van der Waals surface area (Å²) in [5.74, 6) is 0.444. The minimum Gasteiger partial charge on any atom is -0.318 e. The molecule has 0 aliphatic carbocycles. The molecule has 0 fully saturated rings. The monoisotopic (exact) mass is 363 g/mol. The normalized spacial score (nSPS) is 11.1. The van der Waals surface area contributed by atoms with Crippen LogP contribution in [0.4, 0.5) is 11.5 Å². The second kappa shape index (κ2) is 7.41. The second-order valence-corrected chi connectivity index (χ2v) is 6.54. The summed E-state index contributed by atoms with van der Waals surface area (Å²) in [6.07, 6.45) is 2.92. The molecular weight excluding hydrogens is 342 g/mol. The third-order valence-corrected chi connectivity index (χ3v) is 4.28. The Morgan fingerprint density at radius 3 is 2.41 bits per heavy atom. The molecule has 138 valence electrons. The van der Waals surface area contributed by atoms with Gasteiger partial charge in [0.1, 0.15) is 12.0 Å². The van der Waals surface area contributed by atoms with Gasteiger partial charge in [0.25, 0.3) is 5.69 Å². The van der Waals surface area contributed by atoms with Crippen LogP contribution in [0.15, 0.2) is 47.7 Å². The van der Waals surface area contributed by atoms with Gasteiger partial charge < -0.3 is 4.57 Å². The van der Waals surface area contributed by atoms with Crippen molar-refractivity contribution in [3.63, 3.8) is 0 Å². The molecule has 27 heavy (non-hydrogen) atoms. The molecule has 7 nitrogen and oxygen atoms in total. The Morgan fingerprint density at radius 2 is 1.81 bits per heavy atom. The molecule has 0 saturated heterocycles. The van der Waals surface area contributed by atoms with Crippen molar-refractivity contribution in [3.8, 4) is 5.69 Å². The number of aryl methyl sites for hydroxylation is 3. The van der Waals surface area contributed by atoms with Crippen molar-refractivity contribution in [3.05, 3.63) is 80.8 Å². The van der Waals surface area contributed by atoms with Crippen LogP contribution in [0, 0.1) is 37.8 Å². The molecule has 1 N–H and O–H groups in total. The van der Waals surface area contributed by atoms with Crippen LogP contribution in [-0.2, 0) is 0 Å². The largest absolute Gasteiger partial charge is 0.318 e. The van der Waals surface area contributed by atoms with E-state index in [-0.39, 0.29) is 5.69 Å². The van der Waals surface area contributed by atoms with E-state index in [1.807, 2.05) is 0 Å². The summed E-state index contributed by atoms with van der Waals surface area (Å²) in [5, 5.41) is 14.9. The van der Waals surface area contributed by atoms with Gasteiger partial charge in [-0.25, -0.2) is 4.98 Å². The van der Waals surface area contributed by atoms with Crippen molar-refractivity contribution in [2.24, 2.45) is 5.10 Å². The van der Waals surface area contributed by atoms with Gasteiger partial charge in [-0.15, -0.1) is 0 Å². The van der Waals surface area contributed by atoms with Gasteiger partial charge in [-0.2, -0.15) is 5.10 Å². The van der Waals surface area contributed by atoms with Gasteiger partial charge in [-0.05, 0) is 63.1 Å². The maximum Gasteiger partial charge on any atom is 0.287 e. The number of hydrogen-bond donors (Lipinski definition) is 1. The predicted octanol–water partition coefficient (Wildman–Crippen LogP) is 4.46. The third-order valence-electron chi connectivity index (χ3n) is 4.28. The van der Waals surface area contributed by atoms with Gasteiger partial charge in [-0.3, -0.25) is 15.5 Å². The number of nitrogens with zero attached hydrogens (tertiary/aromatic N) is 4. The van der Waals surface area contributed by atoms with E-state index in [2.05, 4.69) is 72.0 Å². The summed E-state index contributed by atoms with van der Waals surface area (Å²) in [7, 11) is 0. The van der Waals surface area contributed by atoms with E-state index >= 15 is 0 Å². The van der Waals surface area contributed by atoms with Crippen molar-refractivity contribution in [2.45, 2.75) is 27.7 Å². The van der Waals surface area contributed by atoms with Gasteiger partial charge in [0.2, 0.25) is 0 Å². The molecule has 7 heteroatoms. The summed E-state index contributed by atoms with van der Waals surface area (Å²) < 4.78 is 2.20. The SMILES string of the molecule is Cc1cc(C)cc(-n2c(C)cc(/C=N\Nc3ccc([N+](=O)[O-])cn3)c2C)c1. The maximum atomic E-state index is 10.7. The summed E-state index contributed by atoms with van der Waals surface area (Å²) in [6.45, 7) is 8.30. The summed E-state index contributed by atoms with van der Waals surface area (Å²) in [6, 6.07) is 11.5. The summed E-state index contributed by atoms with van der Waals surface area (Å²) in [4.78, 5) is 14.1. The number of hydrogen-bond acceptors (Lipinski definition) is 5. The number of nitro groups is 1. The van der Waals surface area contributed by atoms with Gasteiger partial charge in [-0.1, -0.05) is 6.07 Å². The highest BCUT2D eigenvalue weighted by atomic mass is 16.6. The standard InChI is InChI=1S/C20H21N5O2/c1-13-7-14(2)9-19(8-13)24-15(3)10-17(16(24)4)11-22-23-20-6-5-18(12-21-20)25(26)27/h5-12H,1-4H3,(H,21,23)/b22-11-. The molecule has 0 unspecified atom stereocenters. The van der Waals surface area contributed by atoms with Crippen LogP contribution >= 0.6 is 0 Å². The number of aromatic nitrogens is 2. The first-order chi connectivity index (χ1) is 12.8. The molecule has 3 rings (SSSR count). The summed E-state index contributed by atoms with van der Waals surface area (Å²) >= 11 is 0. The zero-order valence-corrected chi connectivity index (χ0v) is 15.7. The van der Waals surface area contributed by atoms with Crippen molar-refractivity contribution >= 4 is 17.7 Å². The van der Waals surface area contributed by atoms with E-state index in [4.69, 9.17) is 0 Å². The smallest absolute Gasteiger partial charge is 0.287 e. The molecule has 0 radical (unpaired) electrons. The highest BCUT2D eigenvalue weighted by molar-refractivity contribution is 5.82. The minimum atomic E-state index is -0.484. The van der Waals surface area contributed by atoms with E-state index in [0.717, 1.165) is 22.6 Å². The Bertz CT molecular complexity index is 999. The number of pyridine rings is 1. The van der Waals surface area contributed by atoms with Crippen molar-refractivity contribution in [2.75, 3.05) is 5.43 Å². The Morgan fingerprint density at radius 1 is 1.11 bits per heavy atom. The first-order valence-corrected chi connectivity index (χ1v) is 8.52. The molecule has 1 aromatic carbocycles. The van der Waals surface area contributed by atoms with E-state index in [1.165, 1.54) is 29.5 Å². The molecule has 0 aliphatic heterocycles. The van der Waals surface area contributed by atoms with Gasteiger partial charge in [0, 0.05) is 28.7 Å². The molecule has 0 amide bonds. The van der Waals surface area contributed by atoms with Crippen molar-refractivity contribution in [1.29, 1.82) is 0 Å². The number of anilines is 1. The van der Waals surface area contributed by atoms with Crippen LogP contribution in [0.1, 0.15) is 28.1 Å². The fourth-order valence-corrected chi connectivity index (χ4v) is 3.12. The van der Waals surface area contributed by atoms with E-state index < -0.39 is 4.92 Å². The van der Waals surface area contributed by atoms with Gasteiger partial charge in [0.15, 0.2) is 0 Å². The molecule has 0 atom stereocenters. The average molecular weight is 363 g/mol. The lowest BCUT2D eigenvalue weighted by molar-refractivity contribution is -0.385. The fourth-order valence-electron chi connectivity index (χ4n) is 3.12. The number of benzene rings is 1. The predicted molar refractivity (Wildman–Crippen MR) is 107 cm³/mol. The first kappa shape index (κ1) is 18.3. The molecule has 0 bridgehead atoms. The van der Waals surface area contributed by atoms with Crippen molar-refractivity contribution in [1.82, 2.24) is 9.55 Å².